The van der Waals surface area contributed by atoms with Crippen molar-refractivity contribution in [3.8, 4) is 0 Å². The standard InChI is InChI=1S/C25H42N2O7/c1-8-16(4)18(13-21(29)33-14-25(5,6)7)23(31)26-19(11-15(2)3)20(28)12-17-9-10-34-27-24(32)22(17)30/h15-19H,8-14H2,1-7H3,(H,26,31)(H,27,32). The number of rotatable bonds is 12. The normalized spacial score (nSPS) is 19.6. The Morgan fingerprint density at radius 2 is 1.82 bits per heavy atom. The van der Waals surface area contributed by atoms with Gasteiger partial charge in [-0.3, -0.25) is 28.8 Å². The van der Waals surface area contributed by atoms with E-state index in [2.05, 4.69) is 5.32 Å². The number of hydrogen-bond donors (Lipinski definition) is 2. The second-order valence-corrected chi connectivity index (χ2v) is 10.9. The lowest BCUT2D eigenvalue weighted by atomic mass is 9.86. The van der Waals surface area contributed by atoms with Crippen molar-refractivity contribution < 1.29 is 33.5 Å². The van der Waals surface area contributed by atoms with Gasteiger partial charge in [-0.2, -0.15) is 0 Å². The van der Waals surface area contributed by atoms with Crippen molar-refractivity contribution in [3.63, 3.8) is 0 Å². The van der Waals surface area contributed by atoms with E-state index < -0.39 is 35.5 Å². The quantitative estimate of drug-likeness (QED) is 0.323. The van der Waals surface area contributed by atoms with Crippen LogP contribution in [0.25, 0.3) is 0 Å². The molecular formula is C25H42N2O7. The average Bonchev–Trinajstić information content (AvgIpc) is 2.89. The Kier molecular flexibility index (Phi) is 11.9. The van der Waals surface area contributed by atoms with Crippen LogP contribution in [0, 0.1) is 29.1 Å². The topological polar surface area (TPSA) is 128 Å². The summed E-state index contributed by atoms with van der Waals surface area (Å²) in [4.78, 5) is 67.6. The fourth-order valence-corrected chi connectivity index (χ4v) is 3.66. The maximum atomic E-state index is 13.2. The second-order valence-electron chi connectivity index (χ2n) is 10.9. The van der Waals surface area contributed by atoms with Crippen molar-refractivity contribution in [2.45, 2.75) is 86.6 Å². The Hall–Kier alpha value is -2.29. The van der Waals surface area contributed by atoms with Gasteiger partial charge < -0.3 is 10.1 Å². The first kappa shape index (κ1) is 29.7. The minimum atomic E-state index is -0.870. The third kappa shape index (κ3) is 10.3. The molecule has 0 aromatic heterocycles. The number of carbonyl (C=O) groups excluding carboxylic acids is 5. The van der Waals surface area contributed by atoms with E-state index in [1.165, 1.54) is 0 Å². The van der Waals surface area contributed by atoms with Crippen molar-refractivity contribution in [2.24, 2.45) is 29.1 Å². The summed E-state index contributed by atoms with van der Waals surface area (Å²) >= 11 is 0. The third-order valence-electron chi connectivity index (χ3n) is 5.91. The molecule has 0 aromatic carbocycles. The first-order valence-electron chi connectivity index (χ1n) is 12.2. The Labute approximate surface area is 203 Å². The largest absolute Gasteiger partial charge is 0.465 e. The molecule has 2 N–H and O–H groups in total. The molecule has 1 fully saturated rings. The van der Waals surface area contributed by atoms with Crippen LogP contribution in [0.4, 0.5) is 0 Å². The maximum absolute atomic E-state index is 13.2. The Morgan fingerprint density at radius 3 is 2.38 bits per heavy atom. The molecule has 2 amide bonds. The number of nitrogens with one attached hydrogen (secondary N) is 2. The number of esters is 1. The van der Waals surface area contributed by atoms with E-state index in [9.17, 15) is 24.0 Å². The van der Waals surface area contributed by atoms with Gasteiger partial charge in [-0.25, -0.2) is 5.48 Å². The molecule has 9 heteroatoms. The molecule has 0 aliphatic carbocycles. The number of hydroxylamine groups is 1. The Balaban J connectivity index is 2.93. The molecule has 4 unspecified atom stereocenters. The molecule has 1 saturated heterocycles. The van der Waals surface area contributed by atoms with Crippen LogP contribution in [0.5, 0.6) is 0 Å². The van der Waals surface area contributed by atoms with Crippen molar-refractivity contribution >= 4 is 29.4 Å². The average molecular weight is 483 g/mol. The van der Waals surface area contributed by atoms with E-state index in [1.54, 1.807) is 0 Å². The van der Waals surface area contributed by atoms with E-state index in [0.717, 1.165) is 0 Å². The molecule has 1 rings (SSSR count). The molecule has 1 aliphatic rings. The van der Waals surface area contributed by atoms with E-state index >= 15 is 0 Å². The molecule has 0 saturated carbocycles. The number of ether oxygens (including phenoxy) is 1. The van der Waals surface area contributed by atoms with E-state index in [0.29, 0.717) is 12.8 Å². The van der Waals surface area contributed by atoms with Crippen LogP contribution in [0.3, 0.4) is 0 Å². The highest BCUT2D eigenvalue weighted by Crippen LogP contribution is 2.23. The van der Waals surface area contributed by atoms with Gasteiger partial charge in [0, 0.05) is 12.3 Å². The highest BCUT2D eigenvalue weighted by Gasteiger charge is 2.35. The smallest absolute Gasteiger partial charge is 0.311 e. The van der Waals surface area contributed by atoms with Crippen molar-refractivity contribution in [1.82, 2.24) is 10.8 Å². The Bertz CT molecular complexity index is 742. The second kappa shape index (κ2) is 13.6. The lowest BCUT2D eigenvalue weighted by molar-refractivity contribution is -0.150. The molecule has 0 spiro atoms. The van der Waals surface area contributed by atoms with Crippen LogP contribution < -0.4 is 10.8 Å². The van der Waals surface area contributed by atoms with Crippen LogP contribution >= 0.6 is 0 Å². The zero-order chi connectivity index (χ0) is 26.1. The first-order chi connectivity index (χ1) is 15.7. The van der Waals surface area contributed by atoms with Gasteiger partial charge in [0.05, 0.1) is 31.6 Å². The lowest BCUT2D eigenvalue weighted by Crippen LogP contribution is -2.47. The van der Waals surface area contributed by atoms with Crippen molar-refractivity contribution in [1.29, 1.82) is 0 Å². The molecule has 34 heavy (non-hydrogen) atoms. The van der Waals surface area contributed by atoms with E-state index in [4.69, 9.17) is 9.57 Å². The molecule has 0 bridgehead atoms. The molecule has 4 atom stereocenters. The predicted octanol–water partition coefficient (Wildman–Crippen LogP) is 2.76. The van der Waals surface area contributed by atoms with Crippen LogP contribution in [0.2, 0.25) is 0 Å². The molecule has 0 radical (unpaired) electrons. The zero-order valence-electron chi connectivity index (χ0n) is 21.7. The van der Waals surface area contributed by atoms with Crippen LogP contribution in [0.1, 0.15) is 80.6 Å². The predicted molar refractivity (Wildman–Crippen MR) is 126 cm³/mol. The molecular weight excluding hydrogens is 440 g/mol. The minimum Gasteiger partial charge on any atom is -0.465 e. The number of hydrogen-bond acceptors (Lipinski definition) is 7. The van der Waals surface area contributed by atoms with Gasteiger partial charge in [-0.05, 0) is 30.1 Å². The van der Waals surface area contributed by atoms with Crippen LogP contribution in [-0.2, 0) is 33.5 Å². The number of Topliss-reactive ketones (excluding diaryl/α,β-unsaturated/α-hetero) is 2. The van der Waals surface area contributed by atoms with Crippen molar-refractivity contribution in [3.05, 3.63) is 0 Å². The number of ketones is 2. The van der Waals surface area contributed by atoms with Gasteiger partial charge in [-0.1, -0.05) is 54.9 Å². The number of carbonyl (C=O) groups is 5. The summed E-state index contributed by atoms with van der Waals surface area (Å²) in [6, 6.07) is -0.815. The summed E-state index contributed by atoms with van der Waals surface area (Å²) in [5.74, 6) is -4.13. The lowest BCUT2D eigenvalue weighted by Gasteiger charge is -2.27. The van der Waals surface area contributed by atoms with Gasteiger partial charge in [0.1, 0.15) is 0 Å². The highest BCUT2D eigenvalue weighted by molar-refractivity contribution is 6.37. The summed E-state index contributed by atoms with van der Waals surface area (Å²) in [6.07, 6.45) is 1.07. The van der Waals surface area contributed by atoms with Gasteiger partial charge in [0.2, 0.25) is 11.7 Å². The fraction of sp³-hybridized carbons (Fsp3) is 0.800. The van der Waals surface area contributed by atoms with E-state index in [1.807, 2.05) is 53.9 Å². The maximum Gasteiger partial charge on any atom is 0.311 e. The summed E-state index contributed by atoms with van der Waals surface area (Å²) in [5, 5.41) is 2.83. The summed E-state index contributed by atoms with van der Waals surface area (Å²) in [6.45, 7) is 13.9. The molecule has 0 aromatic rings. The van der Waals surface area contributed by atoms with Gasteiger partial charge >= 0.3 is 11.9 Å². The molecule has 1 heterocycles. The van der Waals surface area contributed by atoms with Gasteiger partial charge in [0.25, 0.3) is 0 Å². The summed E-state index contributed by atoms with van der Waals surface area (Å²) in [5.41, 5.74) is 1.86. The SMILES string of the molecule is CCC(C)C(CC(=O)OCC(C)(C)C)C(=O)NC(CC(C)C)C(=O)CC1CCONC(=O)C1=O. The highest BCUT2D eigenvalue weighted by atomic mass is 16.7. The summed E-state index contributed by atoms with van der Waals surface area (Å²) < 4.78 is 5.36. The molecule has 194 valence electrons. The van der Waals surface area contributed by atoms with Gasteiger partial charge in [-0.15, -0.1) is 0 Å². The molecule has 9 nitrogen and oxygen atoms in total. The van der Waals surface area contributed by atoms with Crippen LogP contribution in [-0.4, -0.2) is 48.6 Å². The van der Waals surface area contributed by atoms with E-state index in [-0.39, 0.29) is 61.4 Å². The Morgan fingerprint density at radius 1 is 1.18 bits per heavy atom. The minimum absolute atomic E-state index is 0.0713. The molecule has 1 aliphatic heterocycles. The monoisotopic (exact) mass is 482 g/mol. The van der Waals surface area contributed by atoms with Crippen molar-refractivity contribution in [2.75, 3.05) is 13.2 Å². The first-order valence-corrected chi connectivity index (χ1v) is 12.2. The third-order valence-corrected chi connectivity index (χ3v) is 5.91. The fourth-order valence-electron chi connectivity index (χ4n) is 3.66. The zero-order valence-corrected chi connectivity index (χ0v) is 21.7. The summed E-state index contributed by atoms with van der Waals surface area (Å²) in [7, 11) is 0. The van der Waals surface area contributed by atoms with Crippen LogP contribution in [0.15, 0.2) is 0 Å². The number of amides is 2. The van der Waals surface area contributed by atoms with Gasteiger partial charge in [0.15, 0.2) is 5.78 Å².